The fourth-order valence-electron chi connectivity index (χ4n) is 5.07. The molecule has 218 valence electrons. The number of nitrogens with zero attached hydrogens (tertiary/aromatic N) is 6. The number of morpholine rings is 1. The maximum atomic E-state index is 13.0. The van der Waals surface area contributed by atoms with Crippen LogP contribution >= 0.6 is 0 Å². The highest BCUT2D eigenvalue weighted by Gasteiger charge is 2.32. The molecule has 2 N–H and O–H groups in total. The zero-order valence-corrected chi connectivity index (χ0v) is 23.9. The molecule has 41 heavy (non-hydrogen) atoms. The van der Waals surface area contributed by atoms with Gasteiger partial charge in [0.1, 0.15) is 12.1 Å². The van der Waals surface area contributed by atoms with E-state index in [1.807, 2.05) is 30.5 Å². The number of benzene rings is 1. The van der Waals surface area contributed by atoms with E-state index in [0.717, 1.165) is 42.7 Å². The van der Waals surface area contributed by atoms with Gasteiger partial charge in [-0.1, -0.05) is 32.6 Å². The van der Waals surface area contributed by atoms with Crippen molar-refractivity contribution in [2.24, 2.45) is 0 Å². The summed E-state index contributed by atoms with van der Waals surface area (Å²) in [4.78, 5) is 38.4. The minimum absolute atomic E-state index is 0.0690. The zero-order chi connectivity index (χ0) is 28.9. The van der Waals surface area contributed by atoms with E-state index < -0.39 is 6.04 Å². The van der Waals surface area contributed by atoms with Gasteiger partial charge in [0.25, 0.3) is 0 Å². The van der Waals surface area contributed by atoms with Crippen LogP contribution in [0.3, 0.4) is 0 Å². The topological polar surface area (TPSA) is 126 Å². The lowest BCUT2D eigenvalue weighted by molar-refractivity contribution is -0.142. The molecule has 1 aromatic carbocycles. The number of rotatable bonds is 9. The number of ether oxygens (including phenoxy) is 2. The standard InChI is InChI=1S/C29H38N8O4/c1-5-25(38)36-13-14-40-18-24(36)27(39)32-21-8-6-7-20(15-21)16-30-28-34-29(41-22-9-11-35(4)12-10-22)33-26-23(19(2)3)17-31-37(26)28/h5-8,15,17,19,22,24H,1,9-14,16,18H2,2-4H3,(H,32,39)(H,30,33,34). The molecule has 0 radical (unpaired) electrons. The van der Waals surface area contributed by atoms with Gasteiger partial charge in [-0.2, -0.15) is 19.6 Å². The van der Waals surface area contributed by atoms with Crippen LogP contribution in [0.5, 0.6) is 6.01 Å². The monoisotopic (exact) mass is 562 g/mol. The molecule has 4 heterocycles. The molecule has 12 heteroatoms. The van der Waals surface area contributed by atoms with Gasteiger partial charge >= 0.3 is 6.01 Å². The van der Waals surface area contributed by atoms with Gasteiger partial charge in [-0.3, -0.25) is 9.59 Å². The fraction of sp³-hybridized carbons (Fsp3) is 0.483. The van der Waals surface area contributed by atoms with Crippen LogP contribution in [0.15, 0.2) is 43.1 Å². The fourth-order valence-corrected chi connectivity index (χ4v) is 5.07. The summed E-state index contributed by atoms with van der Waals surface area (Å²) in [5, 5.41) is 10.8. The molecule has 2 fully saturated rings. The molecule has 2 aliphatic rings. The third kappa shape index (κ3) is 6.66. The molecule has 3 aromatic rings. The van der Waals surface area contributed by atoms with Crippen LogP contribution in [0.1, 0.15) is 43.7 Å². The first-order chi connectivity index (χ1) is 19.8. The Hall–Kier alpha value is -4.03. The van der Waals surface area contributed by atoms with Gasteiger partial charge in [-0.15, -0.1) is 0 Å². The number of carbonyl (C=O) groups excluding carboxylic acids is 2. The van der Waals surface area contributed by atoms with Crippen molar-refractivity contribution in [1.29, 1.82) is 0 Å². The first-order valence-corrected chi connectivity index (χ1v) is 14.1. The van der Waals surface area contributed by atoms with Gasteiger partial charge in [0.15, 0.2) is 5.65 Å². The Morgan fingerprint density at radius 2 is 2.02 bits per heavy atom. The SMILES string of the molecule is C=CC(=O)N1CCOCC1C(=O)Nc1cccc(CNc2nc(OC3CCN(C)CC3)nc3c(C(C)C)cnn23)c1. The summed E-state index contributed by atoms with van der Waals surface area (Å²) >= 11 is 0. The molecular formula is C29H38N8O4. The summed E-state index contributed by atoms with van der Waals surface area (Å²) in [5.41, 5.74) is 3.27. The van der Waals surface area contributed by atoms with Crippen LogP contribution in [0.4, 0.5) is 11.6 Å². The molecule has 5 rings (SSSR count). The Morgan fingerprint density at radius 1 is 1.22 bits per heavy atom. The summed E-state index contributed by atoms with van der Waals surface area (Å²) in [7, 11) is 2.12. The van der Waals surface area contributed by atoms with Crippen LogP contribution in [0, 0.1) is 0 Å². The van der Waals surface area contributed by atoms with Crippen molar-refractivity contribution in [1.82, 2.24) is 29.4 Å². The number of piperidine rings is 1. The molecule has 0 spiro atoms. The van der Waals surface area contributed by atoms with Crippen LogP contribution in [0.2, 0.25) is 0 Å². The molecule has 0 saturated carbocycles. The second kappa shape index (κ2) is 12.6. The summed E-state index contributed by atoms with van der Waals surface area (Å²) in [6, 6.07) is 7.13. The lowest BCUT2D eigenvalue weighted by atomic mass is 10.1. The Labute approximate surface area is 239 Å². The summed E-state index contributed by atoms with van der Waals surface area (Å²) < 4.78 is 13.4. The summed E-state index contributed by atoms with van der Waals surface area (Å²) in [6.07, 6.45) is 4.96. The number of carbonyl (C=O) groups is 2. The van der Waals surface area contributed by atoms with Crippen LogP contribution in [0.25, 0.3) is 5.65 Å². The third-order valence-electron chi connectivity index (χ3n) is 7.47. The molecule has 2 aliphatic heterocycles. The quantitative estimate of drug-likeness (QED) is 0.379. The van der Waals surface area contributed by atoms with Crippen molar-refractivity contribution in [3.63, 3.8) is 0 Å². The predicted molar refractivity (Wildman–Crippen MR) is 155 cm³/mol. The van der Waals surface area contributed by atoms with Crippen molar-refractivity contribution < 1.29 is 19.1 Å². The first kappa shape index (κ1) is 28.5. The summed E-state index contributed by atoms with van der Waals surface area (Å²) in [5.74, 6) is 0.160. The molecular weight excluding hydrogens is 524 g/mol. The minimum atomic E-state index is -0.719. The van der Waals surface area contributed by atoms with E-state index in [2.05, 4.69) is 53.1 Å². The van der Waals surface area contributed by atoms with Gasteiger partial charge in [0.2, 0.25) is 17.8 Å². The lowest BCUT2D eigenvalue weighted by Gasteiger charge is -2.33. The Bertz CT molecular complexity index is 1400. The van der Waals surface area contributed by atoms with Crippen molar-refractivity contribution >= 4 is 29.1 Å². The van der Waals surface area contributed by atoms with Gasteiger partial charge in [-0.25, -0.2) is 0 Å². The van der Waals surface area contributed by atoms with Crippen molar-refractivity contribution in [3.05, 3.63) is 54.2 Å². The minimum Gasteiger partial charge on any atom is -0.460 e. The van der Waals surface area contributed by atoms with E-state index in [1.165, 1.54) is 11.0 Å². The van der Waals surface area contributed by atoms with Crippen molar-refractivity contribution in [2.45, 2.75) is 51.3 Å². The van der Waals surface area contributed by atoms with E-state index in [4.69, 9.17) is 14.5 Å². The van der Waals surface area contributed by atoms with Crippen LogP contribution < -0.4 is 15.4 Å². The van der Waals surface area contributed by atoms with Crippen LogP contribution in [-0.4, -0.2) is 93.2 Å². The zero-order valence-electron chi connectivity index (χ0n) is 23.9. The smallest absolute Gasteiger partial charge is 0.322 e. The first-order valence-electron chi connectivity index (χ1n) is 14.1. The normalized spacial score (nSPS) is 18.4. The highest BCUT2D eigenvalue weighted by Crippen LogP contribution is 2.25. The maximum Gasteiger partial charge on any atom is 0.322 e. The predicted octanol–water partition coefficient (Wildman–Crippen LogP) is 2.68. The molecule has 2 amide bonds. The van der Waals surface area contributed by atoms with E-state index in [0.29, 0.717) is 37.3 Å². The molecule has 0 aliphatic carbocycles. The molecule has 12 nitrogen and oxygen atoms in total. The van der Waals surface area contributed by atoms with Crippen LogP contribution in [-0.2, 0) is 20.9 Å². The maximum absolute atomic E-state index is 13.0. The number of amides is 2. The van der Waals surface area contributed by atoms with Gasteiger partial charge in [0, 0.05) is 37.4 Å². The molecule has 2 aromatic heterocycles. The van der Waals surface area contributed by atoms with Gasteiger partial charge in [0.05, 0.1) is 19.4 Å². The number of nitrogens with one attached hydrogen (secondary N) is 2. The van der Waals surface area contributed by atoms with Crippen molar-refractivity contribution in [3.8, 4) is 6.01 Å². The number of aromatic nitrogens is 4. The largest absolute Gasteiger partial charge is 0.460 e. The highest BCUT2D eigenvalue weighted by atomic mass is 16.5. The van der Waals surface area contributed by atoms with Crippen molar-refractivity contribution in [2.75, 3.05) is 50.5 Å². The van der Waals surface area contributed by atoms with Gasteiger partial charge < -0.3 is 29.9 Å². The molecule has 2 saturated heterocycles. The Morgan fingerprint density at radius 3 is 2.78 bits per heavy atom. The number of likely N-dealkylation sites (tertiary alicyclic amines) is 1. The number of hydrogen-bond donors (Lipinski definition) is 2. The van der Waals surface area contributed by atoms with E-state index in [-0.39, 0.29) is 30.4 Å². The number of hydrogen-bond acceptors (Lipinski definition) is 9. The van der Waals surface area contributed by atoms with E-state index in [9.17, 15) is 9.59 Å². The Balaban J connectivity index is 1.31. The molecule has 0 bridgehead atoms. The second-order valence-electron chi connectivity index (χ2n) is 10.8. The average molecular weight is 563 g/mol. The number of fused-ring (bicyclic) bond motifs is 1. The van der Waals surface area contributed by atoms with E-state index in [1.54, 1.807) is 4.52 Å². The highest BCUT2D eigenvalue weighted by molar-refractivity contribution is 5.99. The third-order valence-corrected chi connectivity index (χ3v) is 7.47. The van der Waals surface area contributed by atoms with Gasteiger partial charge in [-0.05, 0) is 49.6 Å². The molecule has 1 atom stereocenters. The molecule has 1 unspecified atom stereocenters. The lowest BCUT2D eigenvalue weighted by Crippen LogP contribution is -2.53. The van der Waals surface area contributed by atoms with E-state index >= 15 is 0 Å². The Kier molecular flexibility index (Phi) is 8.79. The number of anilines is 2. The summed E-state index contributed by atoms with van der Waals surface area (Å²) in [6.45, 7) is 11.0. The second-order valence-corrected chi connectivity index (χ2v) is 10.8. The average Bonchev–Trinajstić information content (AvgIpc) is 3.41.